The summed E-state index contributed by atoms with van der Waals surface area (Å²) in [6.45, 7) is 1.68. The Bertz CT molecular complexity index is 541. The highest BCUT2D eigenvalue weighted by atomic mass is 19.1. The topological polar surface area (TPSA) is 0 Å². The molecule has 2 aromatic rings. The number of benzene rings is 2. The lowest BCUT2D eigenvalue weighted by Crippen LogP contribution is -1.99. The van der Waals surface area contributed by atoms with Gasteiger partial charge in [0.1, 0.15) is 17.5 Å². The standard InChI is InChI=1S/C15H13F3/c1-10-5-6-11(9-15(10)18)7-8-12-13(16)3-2-4-14(12)17/h2-6,9H,7-8H2,1H3. The van der Waals surface area contributed by atoms with E-state index in [0.29, 0.717) is 12.0 Å². The van der Waals surface area contributed by atoms with E-state index in [-0.39, 0.29) is 17.8 Å². The Labute approximate surface area is 104 Å². The molecular weight excluding hydrogens is 237 g/mol. The van der Waals surface area contributed by atoms with Gasteiger partial charge in [-0.25, -0.2) is 13.2 Å². The SMILES string of the molecule is Cc1ccc(CCc2c(F)cccc2F)cc1F. The maximum absolute atomic E-state index is 13.4. The second-order valence-electron chi connectivity index (χ2n) is 4.28. The molecule has 0 bridgehead atoms. The fourth-order valence-electron chi connectivity index (χ4n) is 1.83. The summed E-state index contributed by atoms with van der Waals surface area (Å²) in [4.78, 5) is 0. The molecular formula is C15H13F3. The summed E-state index contributed by atoms with van der Waals surface area (Å²) in [5.41, 5.74) is 1.36. The van der Waals surface area contributed by atoms with Crippen LogP contribution in [-0.4, -0.2) is 0 Å². The molecule has 2 aromatic carbocycles. The van der Waals surface area contributed by atoms with Gasteiger partial charge in [0.2, 0.25) is 0 Å². The second kappa shape index (κ2) is 5.25. The number of rotatable bonds is 3. The summed E-state index contributed by atoms with van der Waals surface area (Å²) in [5.74, 6) is -1.40. The van der Waals surface area contributed by atoms with Crippen LogP contribution in [-0.2, 0) is 12.8 Å². The van der Waals surface area contributed by atoms with Crippen LogP contribution in [0.15, 0.2) is 36.4 Å². The molecule has 0 aliphatic heterocycles. The molecule has 0 unspecified atom stereocenters. The van der Waals surface area contributed by atoms with Gasteiger partial charge in [0.25, 0.3) is 0 Å². The predicted molar refractivity (Wildman–Crippen MR) is 64.9 cm³/mol. The van der Waals surface area contributed by atoms with Gasteiger partial charge < -0.3 is 0 Å². The summed E-state index contributed by atoms with van der Waals surface area (Å²) in [6, 6.07) is 8.65. The van der Waals surface area contributed by atoms with E-state index in [4.69, 9.17) is 0 Å². The third-order valence-electron chi connectivity index (χ3n) is 2.96. The van der Waals surface area contributed by atoms with Gasteiger partial charge in [-0.1, -0.05) is 18.2 Å². The zero-order chi connectivity index (χ0) is 13.1. The number of hydrogen-bond donors (Lipinski definition) is 0. The lowest BCUT2D eigenvalue weighted by atomic mass is 10.0. The molecule has 0 N–H and O–H groups in total. The van der Waals surface area contributed by atoms with Crippen molar-refractivity contribution in [2.75, 3.05) is 0 Å². The van der Waals surface area contributed by atoms with Gasteiger partial charge in [-0.05, 0) is 49.1 Å². The minimum absolute atomic E-state index is 0.0542. The molecule has 0 heterocycles. The Morgan fingerprint density at radius 2 is 1.50 bits per heavy atom. The Balaban J connectivity index is 2.14. The lowest BCUT2D eigenvalue weighted by Gasteiger charge is -2.06. The minimum atomic E-state index is -0.553. The maximum atomic E-state index is 13.4. The van der Waals surface area contributed by atoms with Crippen molar-refractivity contribution in [1.82, 2.24) is 0 Å². The highest BCUT2D eigenvalue weighted by Gasteiger charge is 2.08. The summed E-state index contributed by atoms with van der Waals surface area (Å²) in [7, 11) is 0. The van der Waals surface area contributed by atoms with Crippen LogP contribution < -0.4 is 0 Å². The van der Waals surface area contributed by atoms with Crippen LogP contribution in [0.3, 0.4) is 0 Å². The van der Waals surface area contributed by atoms with Crippen LogP contribution in [0.1, 0.15) is 16.7 Å². The van der Waals surface area contributed by atoms with Gasteiger partial charge in [-0.2, -0.15) is 0 Å². The van der Waals surface area contributed by atoms with E-state index in [2.05, 4.69) is 0 Å². The van der Waals surface area contributed by atoms with Crippen molar-refractivity contribution >= 4 is 0 Å². The van der Waals surface area contributed by atoms with Crippen LogP contribution in [0.5, 0.6) is 0 Å². The van der Waals surface area contributed by atoms with Crippen LogP contribution >= 0.6 is 0 Å². The fourth-order valence-corrected chi connectivity index (χ4v) is 1.83. The van der Waals surface area contributed by atoms with E-state index in [1.807, 2.05) is 0 Å². The van der Waals surface area contributed by atoms with E-state index in [0.717, 1.165) is 5.56 Å². The van der Waals surface area contributed by atoms with Crippen LogP contribution in [0.4, 0.5) is 13.2 Å². The molecule has 3 heteroatoms. The first-order chi connectivity index (χ1) is 8.58. The van der Waals surface area contributed by atoms with Gasteiger partial charge in [0.15, 0.2) is 0 Å². The maximum Gasteiger partial charge on any atom is 0.129 e. The van der Waals surface area contributed by atoms with Crippen molar-refractivity contribution in [3.63, 3.8) is 0 Å². The molecule has 0 atom stereocenters. The lowest BCUT2D eigenvalue weighted by molar-refractivity contribution is 0.554. The Hall–Kier alpha value is -1.77. The summed E-state index contributed by atoms with van der Waals surface area (Å²) < 4.78 is 40.1. The van der Waals surface area contributed by atoms with Crippen LogP contribution in [0.25, 0.3) is 0 Å². The van der Waals surface area contributed by atoms with Crippen LogP contribution in [0, 0.1) is 24.4 Å². The highest BCUT2D eigenvalue weighted by molar-refractivity contribution is 5.26. The highest BCUT2D eigenvalue weighted by Crippen LogP contribution is 2.16. The first-order valence-electron chi connectivity index (χ1n) is 5.76. The second-order valence-corrected chi connectivity index (χ2v) is 4.28. The fraction of sp³-hybridized carbons (Fsp3) is 0.200. The van der Waals surface area contributed by atoms with Crippen molar-refractivity contribution < 1.29 is 13.2 Å². The largest absolute Gasteiger partial charge is 0.207 e. The molecule has 0 saturated carbocycles. The van der Waals surface area contributed by atoms with Gasteiger partial charge in [0.05, 0.1) is 0 Å². The van der Waals surface area contributed by atoms with E-state index in [1.165, 1.54) is 24.3 Å². The average Bonchev–Trinajstić information content (AvgIpc) is 2.33. The smallest absolute Gasteiger partial charge is 0.129 e. The molecule has 0 saturated heterocycles. The molecule has 2 rings (SSSR count). The number of hydrogen-bond acceptors (Lipinski definition) is 0. The molecule has 0 aliphatic rings. The van der Waals surface area contributed by atoms with Crippen molar-refractivity contribution in [3.8, 4) is 0 Å². The van der Waals surface area contributed by atoms with Gasteiger partial charge in [0, 0.05) is 5.56 Å². The molecule has 0 spiro atoms. The number of halogens is 3. The van der Waals surface area contributed by atoms with Crippen molar-refractivity contribution in [2.24, 2.45) is 0 Å². The molecule has 0 aromatic heterocycles. The van der Waals surface area contributed by atoms with Crippen molar-refractivity contribution in [1.29, 1.82) is 0 Å². The molecule has 0 nitrogen and oxygen atoms in total. The molecule has 0 fully saturated rings. The Kier molecular flexibility index (Phi) is 3.70. The van der Waals surface area contributed by atoms with E-state index in [9.17, 15) is 13.2 Å². The number of aryl methyl sites for hydroxylation is 2. The van der Waals surface area contributed by atoms with E-state index in [1.54, 1.807) is 19.1 Å². The van der Waals surface area contributed by atoms with Gasteiger partial charge in [-0.15, -0.1) is 0 Å². The summed E-state index contributed by atoms with van der Waals surface area (Å²) >= 11 is 0. The predicted octanol–water partition coefficient (Wildman–Crippen LogP) is 4.20. The van der Waals surface area contributed by atoms with Crippen molar-refractivity contribution in [3.05, 3.63) is 70.5 Å². The Morgan fingerprint density at radius 1 is 0.833 bits per heavy atom. The monoisotopic (exact) mass is 250 g/mol. The zero-order valence-electron chi connectivity index (χ0n) is 10.0. The summed E-state index contributed by atoms with van der Waals surface area (Å²) in [5, 5.41) is 0. The van der Waals surface area contributed by atoms with E-state index >= 15 is 0 Å². The zero-order valence-corrected chi connectivity index (χ0v) is 10.0. The molecule has 18 heavy (non-hydrogen) atoms. The molecule has 0 amide bonds. The van der Waals surface area contributed by atoms with Gasteiger partial charge >= 0.3 is 0 Å². The molecule has 94 valence electrons. The van der Waals surface area contributed by atoms with E-state index < -0.39 is 11.6 Å². The quantitative estimate of drug-likeness (QED) is 0.766. The third-order valence-corrected chi connectivity index (χ3v) is 2.96. The first kappa shape index (κ1) is 12.7. The summed E-state index contributed by atoms with van der Waals surface area (Å²) in [6.07, 6.45) is 0.635. The first-order valence-corrected chi connectivity index (χ1v) is 5.76. The Morgan fingerprint density at radius 3 is 2.11 bits per heavy atom. The average molecular weight is 250 g/mol. The minimum Gasteiger partial charge on any atom is -0.207 e. The molecule has 0 radical (unpaired) electrons. The van der Waals surface area contributed by atoms with Crippen LogP contribution in [0.2, 0.25) is 0 Å². The van der Waals surface area contributed by atoms with Gasteiger partial charge in [-0.3, -0.25) is 0 Å². The normalized spacial score (nSPS) is 10.7. The van der Waals surface area contributed by atoms with Crippen molar-refractivity contribution in [2.45, 2.75) is 19.8 Å². The third kappa shape index (κ3) is 2.73. The molecule has 0 aliphatic carbocycles.